The lowest BCUT2D eigenvalue weighted by Gasteiger charge is -2.17. The molecule has 0 aliphatic carbocycles. The minimum atomic E-state index is -3.86. The van der Waals surface area contributed by atoms with Crippen molar-refractivity contribution in [3.63, 3.8) is 0 Å². The summed E-state index contributed by atoms with van der Waals surface area (Å²) in [6.07, 6.45) is 0.767. The third-order valence-corrected chi connectivity index (χ3v) is 6.35. The predicted octanol–water partition coefficient (Wildman–Crippen LogP) is 3.83. The van der Waals surface area contributed by atoms with Gasteiger partial charge < -0.3 is 10.2 Å². The van der Waals surface area contributed by atoms with Crippen LogP contribution in [0.5, 0.6) is 0 Å². The molecular weight excluding hydrogens is 410 g/mol. The number of hydrogen-bond acceptors (Lipinski definition) is 4. The van der Waals surface area contributed by atoms with E-state index in [1.54, 1.807) is 12.1 Å². The summed E-state index contributed by atoms with van der Waals surface area (Å²) in [5.74, 6) is -0.399. The Hall–Kier alpha value is -2.09. The molecule has 6 nitrogen and oxygen atoms in total. The zero-order valence-corrected chi connectivity index (χ0v) is 19.0. The van der Waals surface area contributed by atoms with Gasteiger partial charge in [-0.05, 0) is 89.3 Å². The highest BCUT2D eigenvalue weighted by atomic mass is 35.5. The molecule has 0 aliphatic heterocycles. The number of nitrogens with one attached hydrogen (secondary N) is 2. The smallest absolute Gasteiger partial charge is 0.261 e. The Morgan fingerprint density at radius 3 is 2.41 bits per heavy atom. The first-order chi connectivity index (χ1) is 13.5. The molecule has 2 aromatic carbocycles. The van der Waals surface area contributed by atoms with Crippen molar-refractivity contribution in [2.45, 2.75) is 38.1 Å². The van der Waals surface area contributed by atoms with E-state index in [4.69, 9.17) is 11.6 Å². The molecule has 0 saturated carbocycles. The van der Waals surface area contributed by atoms with Crippen LogP contribution < -0.4 is 10.0 Å². The SMILES string of the molecule is Cc1ccc(NS(=O)(=O)c2ccc(Cl)c(C(=O)NC(C)CCN(C)C)c2)cc1C. The summed E-state index contributed by atoms with van der Waals surface area (Å²) in [4.78, 5) is 14.6. The Balaban J connectivity index is 2.22. The number of amides is 1. The Kier molecular flexibility index (Phi) is 7.68. The largest absolute Gasteiger partial charge is 0.349 e. The van der Waals surface area contributed by atoms with Gasteiger partial charge in [-0.2, -0.15) is 0 Å². The van der Waals surface area contributed by atoms with Crippen LogP contribution in [-0.4, -0.2) is 45.9 Å². The molecule has 0 fully saturated rings. The lowest BCUT2D eigenvalue weighted by molar-refractivity contribution is 0.0936. The highest BCUT2D eigenvalue weighted by Gasteiger charge is 2.20. The van der Waals surface area contributed by atoms with Crippen LogP contribution in [0.15, 0.2) is 41.3 Å². The molecule has 1 atom stereocenters. The van der Waals surface area contributed by atoms with Crippen LogP contribution >= 0.6 is 11.6 Å². The Labute approximate surface area is 178 Å². The van der Waals surface area contributed by atoms with Crippen LogP contribution in [0.4, 0.5) is 5.69 Å². The first-order valence-corrected chi connectivity index (χ1v) is 11.2. The number of aryl methyl sites for hydroxylation is 2. The maximum absolute atomic E-state index is 12.8. The number of carbonyl (C=O) groups excluding carboxylic acids is 1. The highest BCUT2D eigenvalue weighted by Crippen LogP contribution is 2.23. The van der Waals surface area contributed by atoms with Crippen LogP contribution in [-0.2, 0) is 10.0 Å². The van der Waals surface area contributed by atoms with Crippen molar-refractivity contribution in [3.8, 4) is 0 Å². The van der Waals surface area contributed by atoms with E-state index in [9.17, 15) is 13.2 Å². The van der Waals surface area contributed by atoms with Crippen LogP contribution in [0.25, 0.3) is 0 Å². The van der Waals surface area contributed by atoms with Gasteiger partial charge in [-0.25, -0.2) is 8.42 Å². The average molecular weight is 438 g/mol. The van der Waals surface area contributed by atoms with Gasteiger partial charge in [0.25, 0.3) is 15.9 Å². The summed E-state index contributed by atoms with van der Waals surface area (Å²) in [5, 5.41) is 3.07. The summed E-state index contributed by atoms with van der Waals surface area (Å²) >= 11 is 6.17. The van der Waals surface area contributed by atoms with Crippen molar-refractivity contribution in [1.82, 2.24) is 10.2 Å². The van der Waals surface area contributed by atoms with E-state index in [0.717, 1.165) is 24.1 Å². The van der Waals surface area contributed by atoms with E-state index in [1.165, 1.54) is 18.2 Å². The molecule has 0 saturated heterocycles. The fourth-order valence-electron chi connectivity index (χ4n) is 2.69. The molecule has 2 N–H and O–H groups in total. The molecule has 1 unspecified atom stereocenters. The van der Waals surface area contributed by atoms with Crippen molar-refractivity contribution in [3.05, 3.63) is 58.1 Å². The van der Waals surface area contributed by atoms with Crippen LogP contribution in [0, 0.1) is 13.8 Å². The Morgan fingerprint density at radius 1 is 1.10 bits per heavy atom. The van der Waals surface area contributed by atoms with Gasteiger partial charge in [-0.3, -0.25) is 9.52 Å². The molecule has 158 valence electrons. The topological polar surface area (TPSA) is 78.5 Å². The van der Waals surface area contributed by atoms with E-state index in [0.29, 0.717) is 5.69 Å². The van der Waals surface area contributed by atoms with Gasteiger partial charge in [0, 0.05) is 11.7 Å². The number of sulfonamides is 1. The Morgan fingerprint density at radius 2 is 1.79 bits per heavy atom. The molecule has 1 amide bonds. The molecule has 0 bridgehead atoms. The number of hydrogen-bond donors (Lipinski definition) is 2. The van der Waals surface area contributed by atoms with E-state index in [2.05, 4.69) is 10.0 Å². The van der Waals surface area contributed by atoms with Crippen molar-refractivity contribution in [2.24, 2.45) is 0 Å². The molecule has 0 heterocycles. The van der Waals surface area contributed by atoms with Gasteiger partial charge in [-0.1, -0.05) is 17.7 Å². The summed E-state index contributed by atoms with van der Waals surface area (Å²) in [6, 6.07) is 9.37. The zero-order chi connectivity index (χ0) is 21.8. The maximum Gasteiger partial charge on any atom is 0.261 e. The number of nitrogens with zero attached hydrogens (tertiary/aromatic N) is 1. The van der Waals surface area contributed by atoms with Gasteiger partial charge in [0.2, 0.25) is 0 Å². The normalized spacial score (nSPS) is 12.7. The molecule has 29 heavy (non-hydrogen) atoms. The molecule has 8 heteroatoms. The number of anilines is 1. The van der Waals surface area contributed by atoms with Gasteiger partial charge in [-0.15, -0.1) is 0 Å². The monoisotopic (exact) mass is 437 g/mol. The lowest BCUT2D eigenvalue weighted by atomic mass is 10.1. The van der Waals surface area contributed by atoms with Crippen molar-refractivity contribution in [2.75, 3.05) is 25.4 Å². The second-order valence-electron chi connectivity index (χ2n) is 7.51. The van der Waals surface area contributed by atoms with E-state index in [-0.39, 0.29) is 21.5 Å². The predicted molar refractivity (Wildman–Crippen MR) is 118 cm³/mol. The number of benzene rings is 2. The molecule has 0 aliphatic rings. The second-order valence-corrected chi connectivity index (χ2v) is 9.60. The van der Waals surface area contributed by atoms with Crippen molar-refractivity contribution < 1.29 is 13.2 Å². The summed E-state index contributed by atoms with van der Waals surface area (Å²) < 4.78 is 28.1. The fraction of sp³-hybridized carbons (Fsp3) is 0.381. The van der Waals surface area contributed by atoms with Crippen LogP contribution in [0.1, 0.15) is 34.8 Å². The average Bonchev–Trinajstić information content (AvgIpc) is 2.63. The maximum atomic E-state index is 12.8. The second kappa shape index (κ2) is 9.61. The molecular formula is C21H28ClN3O3S. The first kappa shape index (κ1) is 23.2. The summed E-state index contributed by atoms with van der Waals surface area (Å²) in [5.41, 5.74) is 2.65. The number of carbonyl (C=O) groups is 1. The van der Waals surface area contributed by atoms with E-state index < -0.39 is 15.9 Å². The highest BCUT2D eigenvalue weighted by molar-refractivity contribution is 7.92. The van der Waals surface area contributed by atoms with Gasteiger partial charge in [0.15, 0.2) is 0 Å². The van der Waals surface area contributed by atoms with Gasteiger partial charge in [0.1, 0.15) is 0 Å². The number of rotatable bonds is 8. The lowest BCUT2D eigenvalue weighted by Crippen LogP contribution is -2.35. The van der Waals surface area contributed by atoms with Crippen LogP contribution in [0.2, 0.25) is 5.02 Å². The molecule has 2 aromatic rings. The third-order valence-electron chi connectivity index (χ3n) is 4.64. The Bertz CT molecular complexity index is 991. The number of halogens is 1. The quantitative estimate of drug-likeness (QED) is 0.657. The summed E-state index contributed by atoms with van der Waals surface area (Å²) in [6.45, 7) is 6.59. The van der Waals surface area contributed by atoms with Gasteiger partial charge >= 0.3 is 0 Å². The van der Waals surface area contributed by atoms with Crippen molar-refractivity contribution in [1.29, 1.82) is 0 Å². The minimum absolute atomic E-state index is 0.0220. The van der Waals surface area contributed by atoms with E-state index in [1.807, 2.05) is 45.8 Å². The first-order valence-electron chi connectivity index (χ1n) is 9.35. The van der Waals surface area contributed by atoms with Crippen LogP contribution in [0.3, 0.4) is 0 Å². The zero-order valence-electron chi connectivity index (χ0n) is 17.4. The molecule has 0 radical (unpaired) electrons. The molecule has 0 spiro atoms. The van der Waals surface area contributed by atoms with E-state index >= 15 is 0 Å². The minimum Gasteiger partial charge on any atom is -0.349 e. The fourth-order valence-corrected chi connectivity index (χ4v) is 3.97. The van der Waals surface area contributed by atoms with Crippen molar-refractivity contribution >= 4 is 33.2 Å². The molecule has 2 rings (SSSR count). The van der Waals surface area contributed by atoms with Gasteiger partial charge in [0.05, 0.1) is 15.5 Å². The standard InChI is InChI=1S/C21H28ClN3O3S/c1-14-6-7-17(12-15(14)2)24-29(27,28)18-8-9-20(22)19(13-18)21(26)23-16(3)10-11-25(4)5/h6-9,12-13,16,24H,10-11H2,1-5H3,(H,23,26). The summed E-state index contributed by atoms with van der Waals surface area (Å²) in [7, 11) is 0.0602. The third kappa shape index (κ3) is 6.45. The molecule has 0 aromatic heterocycles.